The minimum Gasteiger partial charge on any atom is -0.454 e. The standard InChI is InChI=1S/C9H15O2/c1-2-8-5-3-4-6-9(8)11-7-10/h8-9H,2-6H2,1H3. The van der Waals surface area contributed by atoms with Crippen LogP contribution in [0.5, 0.6) is 0 Å². The lowest BCUT2D eigenvalue weighted by molar-refractivity contribution is 0.0754. The van der Waals surface area contributed by atoms with Crippen LogP contribution in [0.25, 0.3) is 0 Å². The van der Waals surface area contributed by atoms with Gasteiger partial charge in [-0.15, -0.1) is 0 Å². The number of ether oxygens (including phenoxy) is 1. The largest absolute Gasteiger partial charge is 0.454 e. The first kappa shape index (κ1) is 8.57. The predicted octanol–water partition coefficient (Wildman–Crippen LogP) is 2.04. The van der Waals surface area contributed by atoms with Gasteiger partial charge in [0.05, 0.1) is 0 Å². The van der Waals surface area contributed by atoms with Gasteiger partial charge in [-0.3, -0.25) is 0 Å². The predicted molar refractivity (Wildman–Crippen MR) is 42.8 cm³/mol. The molecule has 0 N–H and O–H groups in total. The molecule has 1 saturated carbocycles. The van der Waals surface area contributed by atoms with E-state index in [1.165, 1.54) is 19.3 Å². The highest BCUT2D eigenvalue weighted by Crippen LogP contribution is 2.28. The molecule has 1 rings (SSSR count). The van der Waals surface area contributed by atoms with E-state index in [0.29, 0.717) is 5.92 Å². The maximum Gasteiger partial charge on any atom is 0.417 e. The Hall–Kier alpha value is -0.530. The summed E-state index contributed by atoms with van der Waals surface area (Å²) >= 11 is 0. The zero-order valence-corrected chi connectivity index (χ0v) is 7.01. The van der Waals surface area contributed by atoms with Gasteiger partial charge in [-0.2, -0.15) is 0 Å². The molecule has 1 aliphatic rings. The summed E-state index contributed by atoms with van der Waals surface area (Å²) in [5.41, 5.74) is 0. The van der Waals surface area contributed by atoms with Gasteiger partial charge < -0.3 is 4.74 Å². The molecule has 0 saturated heterocycles. The van der Waals surface area contributed by atoms with Crippen LogP contribution in [-0.2, 0) is 9.53 Å². The first-order valence-corrected chi connectivity index (χ1v) is 4.41. The molecule has 0 aromatic rings. The van der Waals surface area contributed by atoms with E-state index in [-0.39, 0.29) is 6.10 Å². The summed E-state index contributed by atoms with van der Waals surface area (Å²) in [6.45, 7) is 3.70. The van der Waals surface area contributed by atoms with Crippen LogP contribution >= 0.6 is 0 Å². The van der Waals surface area contributed by atoms with Crippen molar-refractivity contribution < 1.29 is 9.53 Å². The van der Waals surface area contributed by atoms with Crippen LogP contribution in [0.2, 0.25) is 0 Å². The normalized spacial score (nSPS) is 31.4. The Balaban J connectivity index is 2.37. The molecule has 0 heterocycles. The summed E-state index contributed by atoms with van der Waals surface area (Å²) in [5.74, 6) is 0.588. The van der Waals surface area contributed by atoms with E-state index in [0.717, 1.165) is 12.8 Å². The van der Waals surface area contributed by atoms with Crippen molar-refractivity contribution in [2.45, 2.75) is 45.1 Å². The van der Waals surface area contributed by atoms with Gasteiger partial charge >= 0.3 is 6.47 Å². The molecule has 0 aromatic carbocycles. The molecule has 1 aliphatic carbocycles. The van der Waals surface area contributed by atoms with E-state index >= 15 is 0 Å². The Labute approximate surface area is 67.9 Å². The molecule has 0 aliphatic heterocycles. The molecular formula is C9H15O2. The molecule has 1 fully saturated rings. The Morgan fingerprint density at radius 2 is 2.18 bits per heavy atom. The number of hydrogen-bond acceptors (Lipinski definition) is 2. The number of hydrogen-bond donors (Lipinski definition) is 0. The summed E-state index contributed by atoms with van der Waals surface area (Å²) in [5, 5.41) is 0. The Bertz CT molecular complexity index is 123. The third-order valence-electron chi connectivity index (χ3n) is 2.56. The smallest absolute Gasteiger partial charge is 0.417 e. The van der Waals surface area contributed by atoms with Crippen LogP contribution in [0.3, 0.4) is 0 Å². The molecule has 63 valence electrons. The van der Waals surface area contributed by atoms with Crippen LogP contribution in [-0.4, -0.2) is 12.6 Å². The summed E-state index contributed by atoms with van der Waals surface area (Å²) in [6.07, 6.45) is 6.01. The minimum atomic E-state index is 0.159. The SMILES string of the molecule is CCC1CCCCC1O[C]=O. The zero-order chi connectivity index (χ0) is 8.10. The fraction of sp³-hybridized carbons (Fsp3) is 0.889. The third-order valence-corrected chi connectivity index (χ3v) is 2.56. The lowest BCUT2D eigenvalue weighted by Gasteiger charge is -2.28. The summed E-state index contributed by atoms with van der Waals surface area (Å²) in [7, 11) is 0. The van der Waals surface area contributed by atoms with Crippen molar-refractivity contribution >= 4 is 6.47 Å². The monoisotopic (exact) mass is 155 g/mol. The van der Waals surface area contributed by atoms with Crippen molar-refractivity contribution in [3.8, 4) is 0 Å². The van der Waals surface area contributed by atoms with Gasteiger partial charge in [0.25, 0.3) is 0 Å². The van der Waals surface area contributed by atoms with Gasteiger partial charge in [0, 0.05) is 0 Å². The number of carbonyl (C=O) groups excluding carboxylic acids is 1. The zero-order valence-electron chi connectivity index (χ0n) is 7.01. The lowest BCUT2D eigenvalue weighted by atomic mass is 9.85. The second kappa shape index (κ2) is 4.37. The van der Waals surface area contributed by atoms with Gasteiger partial charge in [-0.05, 0) is 31.6 Å². The Morgan fingerprint density at radius 3 is 2.82 bits per heavy atom. The van der Waals surface area contributed by atoms with Crippen molar-refractivity contribution in [1.82, 2.24) is 0 Å². The van der Waals surface area contributed by atoms with Gasteiger partial charge in [-0.25, -0.2) is 4.79 Å². The molecular weight excluding hydrogens is 140 g/mol. The van der Waals surface area contributed by atoms with E-state index in [9.17, 15) is 4.79 Å². The topological polar surface area (TPSA) is 26.3 Å². The van der Waals surface area contributed by atoms with E-state index in [1.54, 1.807) is 6.47 Å². The van der Waals surface area contributed by atoms with Gasteiger partial charge in [0.2, 0.25) is 0 Å². The van der Waals surface area contributed by atoms with E-state index in [2.05, 4.69) is 6.92 Å². The number of rotatable bonds is 3. The van der Waals surface area contributed by atoms with Gasteiger partial charge in [0.1, 0.15) is 6.10 Å². The van der Waals surface area contributed by atoms with Crippen LogP contribution in [0.1, 0.15) is 39.0 Å². The minimum absolute atomic E-state index is 0.159. The first-order valence-electron chi connectivity index (χ1n) is 4.41. The quantitative estimate of drug-likeness (QED) is 0.623. The molecule has 2 nitrogen and oxygen atoms in total. The summed E-state index contributed by atoms with van der Waals surface area (Å²) < 4.78 is 4.88. The van der Waals surface area contributed by atoms with E-state index in [1.807, 2.05) is 0 Å². The van der Waals surface area contributed by atoms with E-state index < -0.39 is 0 Å². The summed E-state index contributed by atoms with van der Waals surface area (Å²) in [4.78, 5) is 9.99. The van der Waals surface area contributed by atoms with Crippen molar-refractivity contribution in [2.75, 3.05) is 0 Å². The molecule has 1 radical (unpaired) electrons. The first-order chi connectivity index (χ1) is 5.38. The van der Waals surface area contributed by atoms with Gasteiger partial charge in [0.15, 0.2) is 0 Å². The van der Waals surface area contributed by atoms with Gasteiger partial charge in [-0.1, -0.05) is 13.3 Å². The second-order valence-corrected chi connectivity index (χ2v) is 3.19. The van der Waals surface area contributed by atoms with Crippen molar-refractivity contribution in [3.63, 3.8) is 0 Å². The van der Waals surface area contributed by atoms with Crippen LogP contribution in [0.4, 0.5) is 0 Å². The van der Waals surface area contributed by atoms with Crippen LogP contribution in [0.15, 0.2) is 0 Å². The van der Waals surface area contributed by atoms with Crippen molar-refractivity contribution in [3.05, 3.63) is 0 Å². The molecule has 2 unspecified atom stereocenters. The maximum absolute atomic E-state index is 9.99. The van der Waals surface area contributed by atoms with Crippen molar-refractivity contribution in [1.29, 1.82) is 0 Å². The average Bonchev–Trinajstić information content (AvgIpc) is 2.06. The highest BCUT2D eigenvalue weighted by Gasteiger charge is 2.24. The molecule has 0 amide bonds. The highest BCUT2D eigenvalue weighted by molar-refractivity contribution is 5.38. The molecule has 0 aromatic heterocycles. The average molecular weight is 155 g/mol. The fourth-order valence-corrected chi connectivity index (χ4v) is 1.86. The molecule has 0 bridgehead atoms. The Morgan fingerprint density at radius 1 is 1.45 bits per heavy atom. The molecule has 0 spiro atoms. The second-order valence-electron chi connectivity index (χ2n) is 3.19. The summed E-state index contributed by atoms with van der Waals surface area (Å²) in [6, 6.07) is 0. The van der Waals surface area contributed by atoms with Crippen LogP contribution in [0, 0.1) is 5.92 Å². The molecule has 2 heteroatoms. The highest BCUT2D eigenvalue weighted by atomic mass is 16.5. The fourth-order valence-electron chi connectivity index (χ4n) is 1.86. The van der Waals surface area contributed by atoms with Crippen LogP contribution < -0.4 is 0 Å². The Kier molecular flexibility index (Phi) is 3.40. The maximum atomic E-state index is 9.99. The molecule has 11 heavy (non-hydrogen) atoms. The van der Waals surface area contributed by atoms with Crippen molar-refractivity contribution in [2.24, 2.45) is 5.92 Å². The lowest BCUT2D eigenvalue weighted by Crippen LogP contribution is -2.26. The molecule has 2 atom stereocenters. The third kappa shape index (κ3) is 2.21. The van der Waals surface area contributed by atoms with E-state index in [4.69, 9.17) is 4.74 Å².